The van der Waals surface area contributed by atoms with Crippen LogP contribution in [-0.2, 0) is 0 Å². The summed E-state index contributed by atoms with van der Waals surface area (Å²) >= 11 is 0. The Balaban J connectivity index is 1.68. The van der Waals surface area contributed by atoms with Crippen LogP contribution >= 0.6 is 0 Å². The Hall–Kier alpha value is -5.14. The number of rotatable bonds is 1. The summed E-state index contributed by atoms with van der Waals surface area (Å²) < 4.78 is 2.51. The summed E-state index contributed by atoms with van der Waals surface area (Å²) in [4.78, 5) is 0. The highest BCUT2D eigenvalue weighted by Gasteiger charge is 2.22. The van der Waals surface area contributed by atoms with Gasteiger partial charge in [0.25, 0.3) is 0 Å². The second-order valence-electron chi connectivity index (χ2n) is 10.5. The van der Waals surface area contributed by atoms with E-state index in [1.807, 2.05) is 0 Å². The molecule has 0 aliphatic rings. The summed E-state index contributed by atoms with van der Waals surface area (Å²) in [6, 6.07) is 51.1. The molecular formula is C38H23N. The van der Waals surface area contributed by atoms with Crippen LogP contribution in [-0.4, -0.2) is 4.57 Å². The monoisotopic (exact) mass is 493 g/mol. The lowest BCUT2D eigenvalue weighted by Gasteiger charge is -2.17. The first kappa shape index (κ1) is 20.9. The van der Waals surface area contributed by atoms with E-state index in [0.717, 1.165) is 0 Å². The Labute approximate surface area is 225 Å². The van der Waals surface area contributed by atoms with E-state index in [0.29, 0.717) is 0 Å². The van der Waals surface area contributed by atoms with Gasteiger partial charge in [0.05, 0.1) is 16.7 Å². The zero-order chi connectivity index (χ0) is 25.5. The topological polar surface area (TPSA) is 4.93 Å². The maximum atomic E-state index is 2.51. The molecule has 0 unspecified atom stereocenters. The number of nitrogens with zero attached hydrogens (tertiary/aromatic N) is 1. The van der Waals surface area contributed by atoms with E-state index in [2.05, 4.69) is 144 Å². The molecule has 0 aliphatic heterocycles. The van der Waals surface area contributed by atoms with Crippen LogP contribution < -0.4 is 0 Å². The normalized spacial score (nSPS) is 12.1. The van der Waals surface area contributed by atoms with Gasteiger partial charge in [-0.1, -0.05) is 127 Å². The highest BCUT2D eigenvalue weighted by Crippen LogP contribution is 2.47. The highest BCUT2D eigenvalue weighted by molar-refractivity contribution is 6.42. The first-order valence-corrected chi connectivity index (χ1v) is 13.6. The third-order valence-corrected chi connectivity index (χ3v) is 8.52. The molecule has 0 fully saturated rings. The third kappa shape index (κ3) is 2.69. The lowest BCUT2D eigenvalue weighted by molar-refractivity contribution is 1.20. The number of fused-ring (bicyclic) bond motifs is 14. The molecule has 1 heterocycles. The van der Waals surface area contributed by atoms with E-state index in [-0.39, 0.29) is 0 Å². The van der Waals surface area contributed by atoms with Gasteiger partial charge in [-0.3, -0.25) is 0 Å². The van der Waals surface area contributed by atoms with Crippen LogP contribution in [0.25, 0.3) is 81.4 Å². The minimum absolute atomic E-state index is 1.22. The first-order valence-electron chi connectivity index (χ1n) is 13.6. The minimum Gasteiger partial charge on any atom is -0.308 e. The number of benzene rings is 8. The van der Waals surface area contributed by atoms with Crippen molar-refractivity contribution in [1.82, 2.24) is 4.57 Å². The molecule has 0 N–H and O–H groups in total. The molecule has 0 atom stereocenters. The quantitative estimate of drug-likeness (QED) is 0.200. The van der Waals surface area contributed by atoms with E-state index in [1.165, 1.54) is 81.4 Å². The predicted molar refractivity (Wildman–Crippen MR) is 168 cm³/mol. The Morgan fingerprint density at radius 3 is 1.51 bits per heavy atom. The number of hydrogen-bond acceptors (Lipinski definition) is 0. The summed E-state index contributed by atoms with van der Waals surface area (Å²) in [7, 11) is 0. The van der Waals surface area contributed by atoms with Gasteiger partial charge < -0.3 is 4.57 Å². The molecule has 1 heteroatoms. The molecule has 0 saturated heterocycles. The predicted octanol–water partition coefficient (Wildman–Crippen LogP) is 10.5. The fourth-order valence-corrected chi connectivity index (χ4v) is 6.99. The smallest absolute Gasteiger partial charge is 0.0626 e. The average molecular weight is 494 g/mol. The van der Waals surface area contributed by atoms with Crippen molar-refractivity contribution < 1.29 is 0 Å². The van der Waals surface area contributed by atoms with Crippen LogP contribution in [0.5, 0.6) is 0 Å². The summed E-state index contributed by atoms with van der Waals surface area (Å²) in [6.07, 6.45) is 0. The highest BCUT2D eigenvalue weighted by atomic mass is 15.0. The van der Waals surface area contributed by atoms with Crippen molar-refractivity contribution in [3.63, 3.8) is 0 Å². The molecular weight excluding hydrogens is 470 g/mol. The fraction of sp³-hybridized carbons (Fsp3) is 0. The molecule has 9 rings (SSSR count). The molecule has 0 spiro atoms. The molecule has 0 amide bonds. The van der Waals surface area contributed by atoms with Crippen molar-refractivity contribution in [3.05, 3.63) is 140 Å². The van der Waals surface area contributed by atoms with Crippen molar-refractivity contribution in [1.29, 1.82) is 0 Å². The summed E-state index contributed by atoms with van der Waals surface area (Å²) in [5, 5.41) is 15.6. The largest absolute Gasteiger partial charge is 0.308 e. The van der Waals surface area contributed by atoms with Crippen molar-refractivity contribution >= 4 is 75.7 Å². The van der Waals surface area contributed by atoms with Crippen LogP contribution in [0.1, 0.15) is 0 Å². The summed E-state index contributed by atoms with van der Waals surface area (Å²) in [5.41, 5.74) is 3.73. The van der Waals surface area contributed by atoms with Gasteiger partial charge in [-0.15, -0.1) is 0 Å². The molecule has 8 aromatic carbocycles. The first-order chi connectivity index (χ1) is 19.4. The maximum absolute atomic E-state index is 2.51. The molecule has 1 aromatic heterocycles. The van der Waals surface area contributed by atoms with Crippen molar-refractivity contribution in [3.8, 4) is 5.69 Å². The fourth-order valence-electron chi connectivity index (χ4n) is 6.99. The van der Waals surface area contributed by atoms with E-state index in [1.54, 1.807) is 0 Å². The minimum atomic E-state index is 1.22. The van der Waals surface area contributed by atoms with E-state index < -0.39 is 0 Å². The van der Waals surface area contributed by atoms with E-state index in [9.17, 15) is 0 Å². The van der Waals surface area contributed by atoms with Crippen LogP contribution in [0.4, 0.5) is 0 Å². The Morgan fingerprint density at radius 1 is 0.308 bits per heavy atom. The average Bonchev–Trinajstić information content (AvgIpc) is 3.36. The van der Waals surface area contributed by atoms with Gasteiger partial charge in [0, 0.05) is 26.9 Å². The molecule has 180 valence electrons. The molecule has 0 radical (unpaired) electrons. The van der Waals surface area contributed by atoms with Crippen molar-refractivity contribution in [2.24, 2.45) is 0 Å². The van der Waals surface area contributed by atoms with Gasteiger partial charge in [0.2, 0.25) is 0 Å². The summed E-state index contributed by atoms with van der Waals surface area (Å²) in [5.74, 6) is 0. The van der Waals surface area contributed by atoms with Gasteiger partial charge in [0.1, 0.15) is 0 Å². The molecule has 9 aromatic rings. The lowest BCUT2D eigenvalue weighted by Crippen LogP contribution is -1.96. The lowest BCUT2D eigenvalue weighted by atomic mass is 9.88. The molecule has 39 heavy (non-hydrogen) atoms. The zero-order valence-corrected chi connectivity index (χ0v) is 21.2. The van der Waals surface area contributed by atoms with Crippen LogP contribution in [0.3, 0.4) is 0 Å². The second-order valence-corrected chi connectivity index (χ2v) is 10.5. The number of aromatic nitrogens is 1. The van der Waals surface area contributed by atoms with Crippen molar-refractivity contribution in [2.45, 2.75) is 0 Å². The van der Waals surface area contributed by atoms with Gasteiger partial charge in [-0.2, -0.15) is 0 Å². The zero-order valence-electron chi connectivity index (χ0n) is 21.2. The van der Waals surface area contributed by atoms with Crippen LogP contribution in [0, 0.1) is 0 Å². The Bertz CT molecular complexity index is 2440. The van der Waals surface area contributed by atoms with E-state index >= 15 is 0 Å². The van der Waals surface area contributed by atoms with Gasteiger partial charge in [0.15, 0.2) is 0 Å². The standard InChI is InChI=1S/C38H23N/c1-2-14-25-24(12-1)13-11-23-33(25)39-34-22-10-9-21-32(34)37-36-29-18-6-4-16-27(29)26-15-3-5-17-28(26)35(36)30-19-7-8-20-31(30)38(37)39/h1-23H. The van der Waals surface area contributed by atoms with Gasteiger partial charge in [-0.05, 0) is 49.8 Å². The third-order valence-electron chi connectivity index (χ3n) is 8.52. The molecule has 0 aliphatic carbocycles. The summed E-state index contributed by atoms with van der Waals surface area (Å²) in [6.45, 7) is 0. The second kappa shape index (κ2) is 7.69. The molecule has 0 bridgehead atoms. The maximum Gasteiger partial charge on any atom is 0.0626 e. The number of hydrogen-bond donors (Lipinski definition) is 0. The van der Waals surface area contributed by atoms with Crippen LogP contribution in [0.15, 0.2) is 140 Å². The molecule has 0 saturated carbocycles. The van der Waals surface area contributed by atoms with Crippen LogP contribution in [0.2, 0.25) is 0 Å². The number of para-hydroxylation sites is 1. The SMILES string of the molecule is c1ccc2c(-n3c4ccccc4c4c5c6ccccc6c6ccccc6c5c5ccccc5c43)cccc2c1. The Morgan fingerprint density at radius 2 is 0.795 bits per heavy atom. The Kier molecular flexibility index (Phi) is 4.11. The van der Waals surface area contributed by atoms with Gasteiger partial charge >= 0.3 is 0 Å². The van der Waals surface area contributed by atoms with Gasteiger partial charge in [-0.25, -0.2) is 0 Å². The van der Waals surface area contributed by atoms with E-state index in [4.69, 9.17) is 0 Å². The molecule has 1 nitrogen and oxygen atoms in total. The van der Waals surface area contributed by atoms with Crippen molar-refractivity contribution in [2.75, 3.05) is 0 Å².